The third-order valence-corrected chi connectivity index (χ3v) is 3.32. The van der Waals surface area contributed by atoms with Gasteiger partial charge in [0.15, 0.2) is 0 Å². The molecule has 2 rings (SSSR count). The largest absolute Gasteiger partial charge is 0.378 e. The lowest BCUT2D eigenvalue weighted by Gasteiger charge is -2.30. The number of nitrogens with one attached hydrogen (secondary N) is 2. The summed E-state index contributed by atoms with van der Waals surface area (Å²) in [6.45, 7) is 9.15. The van der Waals surface area contributed by atoms with Crippen molar-refractivity contribution < 1.29 is 4.74 Å². The van der Waals surface area contributed by atoms with Gasteiger partial charge in [0.2, 0.25) is 5.95 Å². The van der Waals surface area contributed by atoms with Gasteiger partial charge in [0.25, 0.3) is 0 Å². The van der Waals surface area contributed by atoms with Crippen molar-refractivity contribution in [3.8, 4) is 0 Å². The molecule has 0 unspecified atom stereocenters. The third-order valence-electron chi connectivity index (χ3n) is 3.32. The Bertz CT molecular complexity index is 390. The van der Waals surface area contributed by atoms with Gasteiger partial charge in [-0.15, -0.1) is 5.10 Å². The molecule has 1 aromatic heterocycles. The molecule has 1 saturated heterocycles. The first kappa shape index (κ1) is 13.3. The zero-order chi connectivity index (χ0) is 13.2. The van der Waals surface area contributed by atoms with Gasteiger partial charge in [-0.3, -0.25) is 5.10 Å². The second-order valence-electron chi connectivity index (χ2n) is 5.52. The summed E-state index contributed by atoms with van der Waals surface area (Å²) in [6.07, 6.45) is 0.734. The van der Waals surface area contributed by atoms with E-state index in [9.17, 15) is 0 Å². The van der Waals surface area contributed by atoms with Crippen LogP contribution in [0.5, 0.6) is 0 Å². The number of piperazine rings is 1. The highest BCUT2D eigenvalue weighted by Gasteiger charge is 2.22. The van der Waals surface area contributed by atoms with Gasteiger partial charge in [0.1, 0.15) is 5.82 Å². The quantitative estimate of drug-likeness (QED) is 0.821. The van der Waals surface area contributed by atoms with E-state index in [4.69, 9.17) is 4.74 Å². The van der Waals surface area contributed by atoms with Crippen molar-refractivity contribution in [2.24, 2.45) is 0 Å². The Morgan fingerprint density at radius 3 is 2.94 bits per heavy atom. The van der Waals surface area contributed by atoms with Crippen LogP contribution in [0.1, 0.15) is 26.6 Å². The summed E-state index contributed by atoms with van der Waals surface area (Å²) >= 11 is 0. The molecule has 0 aromatic carbocycles. The molecule has 0 amide bonds. The van der Waals surface area contributed by atoms with Gasteiger partial charge in [-0.05, 0) is 20.8 Å². The number of aromatic amines is 1. The summed E-state index contributed by atoms with van der Waals surface area (Å²) in [5.41, 5.74) is -0.215. The fourth-order valence-corrected chi connectivity index (χ4v) is 2.10. The molecule has 0 saturated carbocycles. The van der Waals surface area contributed by atoms with Crippen molar-refractivity contribution in [1.29, 1.82) is 0 Å². The van der Waals surface area contributed by atoms with Crippen LogP contribution in [0.2, 0.25) is 0 Å². The van der Waals surface area contributed by atoms with E-state index < -0.39 is 0 Å². The summed E-state index contributed by atoms with van der Waals surface area (Å²) in [7, 11) is 1.72. The van der Waals surface area contributed by atoms with Crippen molar-refractivity contribution >= 4 is 5.95 Å². The van der Waals surface area contributed by atoms with E-state index in [1.54, 1.807) is 7.11 Å². The molecule has 2 heterocycles. The molecule has 1 fully saturated rings. The van der Waals surface area contributed by atoms with Crippen molar-refractivity contribution in [2.75, 3.05) is 31.6 Å². The normalized spacial score (nSPS) is 21.3. The second kappa shape index (κ2) is 5.24. The van der Waals surface area contributed by atoms with Gasteiger partial charge in [-0.25, -0.2) is 0 Å². The van der Waals surface area contributed by atoms with Crippen LogP contribution in [0.25, 0.3) is 0 Å². The lowest BCUT2D eigenvalue weighted by Crippen LogP contribution is -2.49. The average Bonchev–Trinajstić information content (AvgIpc) is 2.77. The van der Waals surface area contributed by atoms with Gasteiger partial charge in [0, 0.05) is 39.2 Å². The van der Waals surface area contributed by atoms with Gasteiger partial charge in [0.05, 0.1) is 5.60 Å². The van der Waals surface area contributed by atoms with E-state index >= 15 is 0 Å². The van der Waals surface area contributed by atoms with Crippen LogP contribution in [0.15, 0.2) is 0 Å². The number of methoxy groups -OCH3 is 1. The number of hydrogen-bond donors (Lipinski definition) is 2. The SMILES string of the molecule is COC(C)(C)Cc1nc(N2CCN[C@@H](C)C2)n[nH]1. The van der Waals surface area contributed by atoms with Crippen LogP contribution in [0, 0.1) is 0 Å². The first-order chi connectivity index (χ1) is 8.50. The van der Waals surface area contributed by atoms with Gasteiger partial charge in [-0.2, -0.15) is 4.98 Å². The molecule has 0 spiro atoms. The maximum Gasteiger partial charge on any atom is 0.244 e. The molecule has 1 aromatic rings. The number of nitrogens with zero attached hydrogens (tertiary/aromatic N) is 3. The number of hydrogen-bond acceptors (Lipinski definition) is 5. The van der Waals surface area contributed by atoms with Crippen LogP contribution in [-0.2, 0) is 11.2 Å². The number of H-pyrrole nitrogens is 1. The van der Waals surface area contributed by atoms with Crippen LogP contribution >= 0.6 is 0 Å². The predicted octanol–water partition coefficient (Wildman–Crippen LogP) is 0.570. The molecule has 6 heteroatoms. The molecular formula is C12H23N5O. The lowest BCUT2D eigenvalue weighted by atomic mass is 10.1. The van der Waals surface area contributed by atoms with Crippen LogP contribution < -0.4 is 10.2 Å². The maximum atomic E-state index is 5.40. The molecule has 1 aliphatic heterocycles. The van der Waals surface area contributed by atoms with E-state index in [2.05, 4.69) is 32.3 Å². The number of anilines is 1. The van der Waals surface area contributed by atoms with E-state index in [0.29, 0.717) is 6.04 Å². The summed E-state index contributed by atoms with van der Waals surface area (Å²) in [5, 5.41) is 10.7. The molecule has 1 atom stereocenters. The molecule has 1 aliphatic rings. The van der Waals surface area contributed by atoms with Gasteiger partial charge >= 0.3 is 0 Å². The van der Waals surface area contributed by atoms with E-state index in [-0.39, 0.29) is 5.60 Å². The summed E-state index contributed by atoms with van der Waals surface area (Å²) in [5.74, 6) is 1.67. The van der Waals surface area contributed by atoms with Crippen molar-refractivity contribution in [1.82, 2.24) is 20.5 Å². The summed E-state index contributed by atoms with van der Waals surface area (Å²) in [4.78, 5) is 6.76. The van der Waals surface area contributed by atoms with Crippen molar-refractivity contribution in [3.63, 3.8) is 0 Å². The third kappa shape index (κ3) is 3.20. The van der Waals surface area contributed by atoms with Crippen molar-refractivity contribution in [3.05, 3.63) is 5.82 Å². The highest BCUT2D eigenvalue weighted by Crippen LogP contribution is 2.16. The minimum atomic E-state index is -0.215. The first-order valence-corrected chi connectivity index (χ1v) is 6.45. The Labute approximate surface area is 108 Å². The van der Waals surface area contributed by atoms with Crippen LogP contribution in [0.3, 0.4) is 0 Å². The maximum absolute atomic E-state index is 5.40. The second-order valence-corrected chi connectivity index (χ2v) is 5.52. The molecular weight excluding hydrogens is 230 g/mol. The lowest BCUT2D eigenvalue weighted by molar-refractivity contribution is 0.0216. The van der Waals surface area contributed by atoms with E-state index in [1.165, 1.54) is 0 Å². The average molecular weight is 253 g/mol. The van der Waals surface area contributed by atoms with Gasteiger partial charge in [-0.1, -0.05) is 0 Å². The van der Waals surface area contributed by atoms with E-state index in [0.717, 1.165) is 37.8 Å². The molecule has 0 aliphatic carbocycles. The molecule has 0 bridgehead atoms. The molecule has 6 nitrogen and oxygen atoms in total. The minimum absolute atomic E-state index is 0.215. The monoisotopic (exact) mass is 253 g/mol. The Morgan fingerprint density at radius 1 is 1.50 bits per heavy atom. The van der Waals surface area contributed by atoms with Crippen molar-refractivity contribution in [2.45, 2.75) is 38.8 Å². The fourth-order valence-electron chi connectivity index (χ4n) is 2.10. The highest BCUT2D eigenvalue weighted by molar-refractivity contribution is 5.30. The van der Waals surface area contributed by atoms with E-state index in [1.807, 2.05) is 13.8 Å². The zero-order valence-electron chi connectivity index (χ0n) is 11.7. The standard InChI is InChI=1S/C12H23N5O/c1-9-8-17(6-5-13-9)11-14-10(15-16-11)7-12(2,3)18-4/h9,13H,5-8H2,1-4H3,(H,14,15,16)/t9-/m0/s1. The molecule has 102 valence electrons. The molecule has 18 heavy (non-hydrogen) atoms. The fraction of sp³-hybridized carbons (Fsp3) is 0.833. The molecule has 2 N–H and O–H groups in total. The predicted molar refractivity (Wildman–Crippen MR) is 70.9 cm³/mol. The van der Waals surface area contributed by atoms with Gasteiger partial charge < -0.3 is 15.0 Å². The summed E-state index contributed by atoms with van der Waals surface area (Å²) < 4.78 is 5.40. The summed E-state index contributed by atoms with van der Waals surface area (Å²) in [6, 6.07) is 0.483. The number of rotatable bonds is 4. The topological polar surface area (TPSA) is 66.1 Å². The molecule has 0 radical (unpaired) electrons. The first-order valence-electron chi connectivity index (χ1n) is 6.45. The Balaban J connectivity index is 2.01. The van der Waals surface area contributed by atoms with Crippen LogP contribution in [0.4, 0.5) is 5.95 Å². The number of ether oxygens (including phenoxy) is 1. The highest BCUT2D eigenvalue weighted by atomic mass is 16.5. The Morgan fingerprint density at radius 2 is 2.28 bits per heavy atom. The number of aromatic nitrogens is 3. The van der Waals surface area contributed by atoms with Crippen LogP contribution in [-0.4, -0.2) is 53.6 Å². The Kier molecular flexibility index (Phi) is 3.87. The Hall–Kier alpha value is -1.14. The zero-order valence-corrected chi connectivity index (χ0v) is 11.7. The minimum Gasteiger partial charge on any atom is -0.378 e. The smallest absolute Gasteiger partial charge is 0.244 e.